The van der Waals surface area contributed by atoms with E-state index in [1.54, 1.807) is 0 Å². The van der Waals surface area contributed by atoms with Crippen molar-refractivity contribution in [3.8, 4) is 0 Å². The normalized spacial score (nSPS) is 36.9. The number of hydrogen-bond donors (Lipinski definition) is 1. The highest BCUT2D eigenvalue weighted by molar-refractivity contribution is 5.81. The van der Waals surface area contributed by atoms with E-state index < -0.39 is 5.97 Å². The van der Waals surface area contributed by atoms with E-state index in [4.69, 9.17) is 5.11 Å². The van der Waals surface area contributed by atoms with Crippen LogP contribution in [0, 0.1) is 11.8 Å². The molecule has 1 N–H and O–H groups in total. The monoisotopic (exact) mass is 194 g/mol. The van der Waals surface area contributed by atoms with E-state index in [-0.39, 0.29) is 5.92 Å². The van der Waals surface area contributed by atoms with Crippen LogP contribution in [0.1, 0.15) is 45.4 Å². The predicted molar refractivity (Wildman–Crippen MR) is 55.0 cm³/mol. The minimum absolute atomic E-state index is 0.108. The van der Waals surface area contributed by atoms with Crippen molar-refractivity contribution in [3.05, 3.63) is 11.1 Å². The molecule has 0 saturated heterocycles. The Morgan fingerprint density at radius 2 is 2.21 bits per heavy atom. The van der Waals surface area contributed by atoms with E-state index in [1.165, 1.54) is 30.4 Å². The number of rotatable bonds is 2. The Hall–Kier alpha value is -0.790. The van der Waals surface area contributed by atoms with Crippen molar-refractivity contribution in [1.82, 2.24) is 0 Å². The molecule has 0 radical (unpaired) electrons. The van der Waals surface area contributed by atoms with Gasteiger partial charge >= 0.3 is 5.97 Å². The zero-order valence-corrected chi connectivity index (χ0v) is 8.75. The fourth-order valence-corrected chi connectivity index (χ4v) is 2.83. The van der Waals surface area contributed by atoms with Crippen LogP contribution in [0.4, 0.5) is 0 Å². The summed E-state index contributed by atoms with van der Waals surface area (Å²) in [6, 6.07) is 0. The van der Waals surface area contributed by atoms with Crippen molar-refractivity contribution >= 4 is 5.97 Å². The molecule has 0 aliphatic heterocycles. The zero-order chi connectivity index (χ0) is 10.1. The molecule has 0 aromatic rings. The molecule has 2 aliphatic carbocycles. The van der Waals surface area contributed by atoms with E-state index in [2.05, 4.69) is 6.92 Å². The predicted octanol–water partition coefficient (Wildman–Crippen LogP) is 2.99. The molecule has 0 aromatic carbocycles. The van der Waals surface area contributed by atoms with Crippen molar-refractivity contribution in [2.24, 2.45) is 11.8 Å². The Bertz CT molecular complexity index is 278. The largest absolute Gasteiger partial charge is 0.481 e. The van der Waals surface area contributed by atoms with E-state index in [9.17, 15) is 4.79 Å². The summed E-state index contributed by atoms with van der Waals surface area (Å²) in [7, 11) is 0. The van der Waals surface area contributed by atoms with Gasteiger partial charge in [-0.3, -0.25) is 4.79 Å². The summed E-state index contributed by atoms with van der Waals surface area (Å²) >= 11 is 0. The average molecular weight is 194 g/mol. The van der Waals surface area contributed by atoms with Gasteiger partial charge < -0.3 is 5.11 Å². The third-order valence-corrected chi connectivity index (χ3v) is 3.62. The van der Waals surface area contributed by atoms with Crippen LogP contribution in [0.3, 0.4) is 0 Å². The van der Waals surface area contributed by atoms with Gasteiger partial charge in [-0.15, -0.1) is 0 Å². The second-order valence-electron chi connectivity index (χ2n) is 4.43. The number of carbonyl (C=O) groups is 1. The lowest BCUT2D eigenvalue weighted by atomic mass is 9.99. The van der Waals surface area contributed by atoms with Gasteiger partial charge in [0.25, 0.3) is 0 Å². The summed E-state index contributed by atoms with van der Waals surface area (Å²) in [5, 5.41) is 9.05. The summed E-state index contributed by atoms with van der Waals surface area (Å²) in [5.74, 6) is -0.302. The van der Waals surface area contributed by atoms with Crippen molar-refractivity contribution in [3.63, 3.8) is 0 Å². The highest BCUT2D eigenvalue weighted by Crippen LogP contribution is 2.53. The smallest absolute Gasteiger partial charge is 0.311 e. The van der Waals surface area contributed by atoms with Crippen molar-refractivity contribution < 1.29 is 9.90 Å². The van der Waals surface area contributed by atoms with Gasteiger partial charge in [-0.25, -0.2) is 0 Å². The van der Waals surface area contributed by atoms with Gasteiger partial charge in [0, 0.05) is 0 Å². The maximum atomic E-state index is 11.0. The van der Waals surface area contributed by atoms with E-state index >= 15 is 0 Å². The molecule has 2 rings (SSSR count). The second kappa shape index (κ2) is 3.76. The molecule has 78 valence electrons. The molecule has 0 bridgehead atoms. The van der Waals surface area contributed by atoms with Crippen LogP contribution in [-0.4, -0.2) is 11.1 Å². The number of fused-ring (bicyclic) bond motifs is 1. The van der Waals surface area contributed by atoms with E-state index in [0.29, 0.717) is 5.92 Å². The molecular formula is C12H18O2. The molecule has 14 heavy (non-hydrogen) atoms. The minimum atomic E-state index is -0.599. The van der Waals surface area contributed by atoms with Gasteiger partial charge in [0.15, 0.2) is 0 Å². The molecule has 1 saturated carbocycles. The van der Waals surface area contributed by atoms with Crippen LogP contribution in [0.2, 0.25) is 0 Å². The molecule has 0 spiro atoms. The average Bonchev–Trinajstić information content (AvgIpc) is 2.79. The first-order valence-corrected chi connectivity index (χ1v) is 5.70. The van der Waals surface area contributed by atoms with Gasteiger partial charge in [-0.05, 0) is 31.6 Å². The molecular weight excluding hydrogens is 176 g/mol. The quantitative estimate of drug-likeness (QED) is 0.686. The molecule has 0 aromatic heterocycles. The maximum absolute atomic E-state index is 11.0. The highest BCUT2D eigenvalue weighted by atomic mass is 16.4. The van der Waals surface area contributed by atoms with E-state index in [1.807, 2.05) is 0 Å². The molecule has 2 atom stereocenters. The van der Waals surface area contributed by atoms with E-state index in [0.717, 1.165) is 19.3 Å². The van der Waals surface area contributed by atoms with Crippen LogP contribution in [0.25, 0.3) is 0 Å². The first-order chi connectivity index (χ1) is 6.75. The summed E-state index contributed by atoms with van der Waals surface area (Å²) in [4.78, 5) is 11.0. The summed E-state index contributed by atoms with van der Waals surface area (Å²) in [6.07, 6.45) is 7.05. The van der Waals surface area contributed by atoms with Crippen LogP contribution in [0.5, 0.6) is 0 Å². The number of carboxylic acid groups (broad SMARTS) is 1. The van der Waals surface area contributed by atoms with Gasteiger partial charge in [-0.1, -0.05) is 30.9 Å². The van der Waals surface area contributed by atoms with Crippen LogP contribution < -0.4 is 0 Å². The van der Waals surface area contributed by atoms with Gasteiger partial charge in [0.1, 0.15) is 0 Å². The third kappa shape index (κ3) is 1.58. The Kier molecular flexibility index (Phi) is 2.62. The minimum Gasteiger partial charge on any atom is -0.481 e. The standard InChI is InChI=1S/C12H18O2/c1-2-8-6-4-3-5-7-9-10(8)11(9)12(13)14/h9,11H,2-7H2,1H3,(H,13,14)/b10-8+. The molecule has 2 aliphatic rings. The lowest BCUT2D eigenvalue weighted by molar-refractivity contribution is -0.138. The Morgan fingerprint density at radius 3 is 2.86 bits per heavy atom. The molecule has 2 unspecified atom stereocenters. The highest BCUT2D eigenvalue weighted by Gasteiger charge is 2.50. The number of allylic oxidation sites excluding steroid dienone is 1. The number of hydrogen-bond acceptors (Lipinski definition) is 1. The molecule has 2 nitrogen and oxygen atoms in total. The Labute approximate surface area is 85.0 Å². The SMILES string of the molecule is CC/C1=C2/C(CCCCC1)C2C(=O)O. The second-order valence-corrected chi connectivity index (χ2v) is 4.43. The molecule has 0 heterocycles. The molecule has 0 amide bonds. The van der Waals surface area contributed by atoms with Crippen LogP contribution in [-0.2, 0) is 4.79 Å². The summed E-state index contributed by atoms with van der Waals surface area (Å²) in [5.41, 5.74) is 2.74. The fourth-order valence-electron chi connectivity index (χ4n) is 2.83. The fraction of sp³-hybridized carbons (Fsp3) is 0.750. The third-order valence-electron chi connectivity index (χ3n) is 3.62. The zero-order valence-electron chi connectivity index (χ0n) is 8.75. The summed E-state index contributed by atoms with van der Waals surface area (Å²) < 4.78 is 0. The maximum Gasteiger partial charge on any atom is 0.311 e. The van der Waals surface area contributed by atoms with Crippen molar-refractivity contribution in [2.75, 3.05) is 0 Å². The van der Waals surface area contributed by atoms with Crippen molar-refractivity contribution in [2.45, 2.75) is 45.4 Å². The van der Waals surface area contributed by atoms with Gasteiger partial charge in [0.2, 0.25) is 0 Å². The number of aliphatic carboxylic acids is 1. The first kappa shape index (κ1) is 9.75. The van der Waals surface area contributed by atoms with Crippen LogP contribution in [0.15, 0.2) is 11.1 Å². The first-order valence-electron chi connectivity index (χ1n) is 5.70. The Balaban J connectivity index is 2.20. The lowest BCUT2D eigenvalue weighted by Gasteiger charge is -2.07. The summed E-state index contributed by atoms with van der Waals surface area (Å²) in [6.45, 7) is 2.15. The molecule has 2 heteroatoms. The number of carboxylic acids is 1. The molecule has 1 fully saturated rings. The van der Waals surface area contributed by atoms with Crippen LogP contribution >= 0.6 is 0 Å². The topological polar surface area (TPSA) is 37.3 Å². The Morgan fingerprint density at radius 1 is 1.43 bits per heavy atom. The van der Waals surface area contributed by atoms with Gasteiger partial charge in [-0.2, -0.15) is 0 Å². The van der Waals surface area contributed by atoms with Gasteiger partial charge in [0.05, 0.1) is 5.92 Å². The lowest BCUT2D eigenvalue weighted by Crippen LogP contribution is -1.99. The van der Waals surface area contributed by atoms with Crippen molar-refractivity contribution in [1.29, 1.82) is 0 Å².